The summed E-state index contributed by atoms with van der Waals surface area (Å²) in [6.07, 6.45) is 1.77. The first-order valence-electron chi connectivity index (χ1n) is 4.21. The number of aromatic nitrogens is 1. The molecule has 0 bridgehead atoms. The highest BCUT2D eigenvalue weighted by atomic mass is 16.5. The molecule has 0 atom stereocenters. The highest BCUT2D eigenvalue weighted by Gasteiger charge is 2.02. The molecule has 0 N–H and O–H groups in total. The van der Waals surface area contributed by atoms with Crippen molar-refractivity contribution in [3.63, 3.8) is 0 Å². The smallest absolute Gasteiger partial charge is 0.221 e. The van der Waals surface area contributed by atoms with Crippen molar-refractivity contribution in [2.24, 2.45) is 0 Å². The average Bonchev–Trinajstić information content (AvgIpc) is 2.18. The summed E-state index contributed by atoms with van der Waals surface area (Å²) in [6, 6.07) is 8.13. The Morgan fingerprint density at radius 2 is 2.00 bits per heavy atom. The zero-order valence-corrected chi connectivity index (χ0v) is 7.74. The first-order valence-corrected chi connectivity index (χ1v) is 4.21. The molecule has 2 rings (SSSR count). The summed E-state index contributed by atoms with van der Waals surface area (Å²) in [5.41, 5.74) is 1.25. The van der Waals surface area contributed by atoms with Crippen LogP contribution in [0.2, 0.25) is 0 Å². The van der Waals surface area contributed by atoms with E-state index in [0.717, 1.165) is 5.39 Å². The standard InChI is InChI=1S/C11H11NO/c1-8-4-3-5-10-9(8)6-7-12-11(10)13-2/h3-7H,1-2H3. The molecule has 0 aliphatic carbocycles. The summed E-state index contributed by atoms with van der Waals surface area (Å²) >= 11 is 0. The van der Waals surface area contributed by atoms with Crippen LogP contribution in [-0.2, 0) is 0 Å². The fourth-order valence-corrected chi connectivity index (χ4v) is 1.50. The molecule has 0 aliphatic heterocycles. The zero-order valence-electron chi connectivity index (χ0n) is 7.74. The molecule has 0 fully saturated rings. The van der Waals surface area contributed by atoms with E-state index < -0.39 is 0 Å². The lowest BCUT2D eigenvalue weighted by atomic mass is 10.1. The van der Waals surface area contributed by atoms with Gasteiger partial charge in [-0.25, -0.2) is 4.98 Å². The van der Waals surface area contributed by atoms with E-state index in [4.69, 9.17) is 4.74 Å². The van der Waals surface area contributed by atoms with Gasteiger partial charge in [-0.05, 0) is 30.0 Å². The van der Waals surface area contributed by atoms with Gasteiger partial charge in [-0.15, -0.1) is 0 Å². The molecule has 2 heteroatoms. The van der Waals surface area contributed by atoms with Gasteiger partial charge in [0, 0.05) is 11.6 Å². The lowest BCUT2D eigenvalue weighted by Gasteiger charge is -2.05. The molecule has 1 aromatic heterocycles. The molecule has 0 amide bonds. The summed E-state index contributed by atoms with van der Waals surface area (Å²) < 4.78 is 5.17. The number of ether oxygens (including phenoxy) is 1. The molecule has 2 nitrogen and oxygen atoms in total. The van der Waals surface area contributed by atoms with Crippen molar-refractivity contribution in [2.45, 2.75) is 6.92 Å². The van der Waals surface area contributed by atoms with Crippen LogP contribution in [0.15, 0.2) is 30.5 Å². The topological polar surface area (TPSA) is 22.1 Å². The van der Waals surface area contributed by atoms with Crippen LogP contribution in [0.1, 0.15) is 5.56 Å². The second kappa shape index (κ2) is 3.05. The fraction of sp³-hybridized carbons (Fsp3) is 0.182. The number of pyridine rings is 1. The molecule has 1 heterocycles. The average molecular weight is 173 g/mol. The molecule has 66 valence electrons. The number of hydrogen-bond acceptors (Lipinski definition) is 2. The van der Waals surface area contributed by atoms with Gasteiger partial charge in [0.1, 0.15) is 0 Å². The Morgan fingerprint density at radius 3 is 2.77 bits per heavy atom. The first-order chi connectivity index (χ1) is 6.33. The van der Waals surface area contributed by atoms with Crippen LogP contribution in [0, 0.1) is 6.92 Å². The number of fused-ring (bicyclic) bond motifs is 1. The maximum absolute atomic E-state index is 5.17. The van der Waals surface area contributed by atoms with Crippen molar-refractivity contribution in [3.8, 4) is 5.88 Å². The molecular weight excluding hydrogens is 162 g/mol. The lowest BCUT2D eigenvalue weighted by molar-refractivity contribution is 0.403. The summed E-state index contributed by atoms with van der Waals surface area (Å²) in [7, 11) is 1.64. The molecule has 13 heavy (non-hydrogen) atoms. The Kier molecular flexibility index (Phi) is 1.89. The van der Waals surface area contributed by atoms with E-state index in [9.17, 15) is 0 Å². The van der Waals surface area contributed by atoms with Gasteiger partial charge < -0.3 is 4.74 Å². The minimum atomic E-state index is 0.696. The number of benzene rings is 1. The Bertz CT molecular complexity index is 437. The number of methoxy groups -OCH3 is 1. The summed E-state index contributed by atoms with van der Waals surface area (Å²) in [4.78, 5) is 4.14. The maximum Gasteiger partial charge on any atom is 0.221 e. The van der Waals surface area contributed by atoms with Crippen LogP contribution in [0.25, 0.3) is 10.8 Å². The van der Waals surface area contributed by atoms with Crippen LogP contribution in [0.4, 0.5) is 0 Å². The van der Waals surface area contributed by atoms with Crippen molar-refractivity contribution in [1.29, 1.82) is 0 Å². The normalized spacial score (nSPS) is 10.3. The second-order valence-corrected chi connectivity index (χ2v) is 2.99. The summed E-state index contributed by atoms with van der Waals surface area (Å²) in [5, 5.41) is 2.28. The minimum Gasteiger partial charge on any atom is -0.481 e. The van der Waals surface area contributed by atoms with Crippen molar-refractivity contribution in [3.05, 3.63) is 36.0 Å². The van der Waals surface area contributed by atoms with Gasteiger partial charge >= 0.3 is 0 Å². The minimum absolute atomic E-state index is 0.696. The lowest BCUT2D eigenvalue weighted by Crippen LogP contribution is -1.89. The van der Waals surface area contributed by atoms with Crippen LogP contribution < -0.4 is 4.74 Å². The molecule has 1 aromatic carbocycles. The monoisotopic (exact) mass is 173 g/mol. The van der Waals surface area contributed by atoms with Gasteiger partial charge in [0.05, 0.1) is 7.11 Å². The molecule has 0 saturated heterocycles. The van der Waals surface area contributed by atoms with Gasteiger partial charge in [-0.2, -0.15) is 0 Å². The van der Waals surface area contributed by atoms with Gasteiger partial charge in [0.2, 0.25) is 5.88 Å². The van der Waals surface area contributed by atoms with E-state index in [-0.39, 0.29) is 0 Å². The van der Waals surface area contributed by atoms with Crippen LogP contribution in [0.5, 0.6) is 5.88 Å². The van der Waals surface area contributed by atoms with E-state index in [1.54, 1.807) is 13.3 Å². The van der Waals surface area contributed by atoms with E-state index in [1.807, 2.05) is 18.2 Å². The Labute approximate surface area is 77.2 Å². The van der Waals surface area contributed by atoms with Gasteiger partial charge in [-0.1, -0.05) is 12.1 Å². The third kappa shape index (κ3) is 1.24. The van der Waals surface area contributed by atoms with Crippen molar-refractivity contribution >= 4 is 10.8 Å². The molecule has 0 saturated carbocycles. The Morgan fingerprint density at radius 1 is 1.15 bits per heavy atom. The van der Waals surface area contributed by atoms with E-state index in [2.05, 4.69) is 18.0 Å². The predicted octanol–water partition coefficient (Wildman–Crippen LogP) is 2.55. The summed E-state index contributed by atoms with van der Waals surface area (Å²) in [6.45, 7) is 2.09. The zero-order chi connectivity index (χ0) is 9.26. The third-order valence-electron chi connectivity index (χ3n) is 2.18. The molecule has 0 radical (unpaired) electrons. The van der Waals surface area contributed by atoms with Crippen molar-refractivity contribution in [2.75, 3.05) is 7.11 Å². The summed E-state index contributed by atoms with van der Waals surface area (Å²) in [5.74, 6) is 0.696. The largest absolute Gasteiger partial charge is 0.481 e. The second-order valence-electron chi connectivity index (χ2n) is 2.99. The predicted molar refractivity (Wildman–Crippen MR) is 53.0 cm³/mol. The van der Waals surface area contributed by atoms with Gasteiger partial charge in [0.25, 0.3) is 0 Å². The number of rotatable bonds is 1. The van der Waals surface area contributed by atoms with Crippen molar-refractivity contribution in [1.82, 2.24) is 4.98 Å². The Balaban J connectivity index is 2.84. The van der Waals surface area contributed by atoms with Gasteiger partial charge in [-0.3, -0.25) is 0 Å². The van der Waals surface area contributed by atoms with E-state index >= 15 is 0 Å². The number of nitrogens with zero attached hydrogens (tertiary/aromatic N) is 1. The fourth-order valence-electron chi connectivity index (χ4n) is 1.50. The number of aryl methyl sites for hydroxylation is 1. The van der Waals surface area contributed by atoms with Crippen LogP contribution in [0.3, 0.4) is 0 Å². The number of hydrogen-bond donors (Lipinski definition) is 0. The molecule has 0 aliphatic rings. The highest BCUT2D eigenvalue weighted by molar-refractivity contribution is 5.89. The SMILES string of the molecule is COc1nccc2c(C)cccc12. The third-order valence-corrected chi connectivity index (χ3v) is 2.18. The van der Waals surface area contributed by atoms with Crippen molar-refractivity contribution < 1.29 is 4.74 Å². The van der Waals surface area contributed by atoms with Crippen LogP contribution >= 0.6 is 0 Å². The maximum atomic E-state index is 5.17. The highest BCUT2D eigenvalue weighted by Crippen LogP contribution is 2.24. The molecular formula is C11H11NO. The van der Waals surface area contributed by atoms with E-state index in [0.29, 0.717) is 5.88 Å². The van der Waals surface area contributed by atoms with Gasteiger partial charge in [0.15, 0.2) is 0 Å². The molecule has 0 unspecified atom stereocenters. The Hall–Kier alpha value is -1.57. The quantitative estimate of drug-likeness (QED) is 0.661. The van der Waals surface area contributed by atoms with Crippen LogP contribution in [-0.4, -0.2) is 12.1 Å². The molecule has 0 spiro atoms. The molecule has 2 aromatic rings. The van der Waals surface area contributed by atoms with E-state index in [1.165, 1.54) is 10.9 Å². The first kappa shape index (κ1) is 8.05.